The summed E-state index contributed by atoms with van der Waals surface area (Å²) in [5.74, 6) is -6.31. The zero-order valence-corrected chi connectivity index (χ0v) is 19.7. The summed E-state index contributed by atoms with van der Waals surface area (Å²) in [4.78, 5) is 26.6. The lowest BCUT2D eigenvalue weighted by atomic mass is 9.99. The highest BCUT2D eigenvalue weighted by Gasteiger charge is 2.45. The Bertz CT molecular complexity index is 1460. The van der Waals surface area contributed by atoms with E-state index in [1.165, 1.54) is 41.3 Å². The Kier molecular flexibility index (Phi) is 6.18. The molecule has 2 heterocycles. The van der Waals surface area contributed by atoms with Gasteiger partial charge in [-0.15, -0.1) is 0 Å². The topological polar surface area (TPSA) is 67.2 Å². The van der Waals surface area contributed by atoms with Crippen molar-refractivity contribution in [3.8, 4) is 0 Å². The summed E-state index contributed by atoms with van der Waals surface area (Å²) < 4.78 is 55.9. The molecule has 5 rings (SSSR count). The Morgan fingerprint density at radius 2 is 1.68 bits per heavy atom. The Labute approximate surface area is 209 Å². The Morgan fingerprint density at radius 1 is 1.03 bits per heavy atom. The second kappa shape index (κ2) is 9.34. The first-order valence-electron chi connectivity index (χ1n) is 11.6. The Morgan fingerprint density at radius 3 is 2.32 bits per heavy atom. The average molecular weight is 510 g/mol. The number of nitrogens with zero attached hydrogens (tertiary/aromatic N) is 3. The summed E-state index contributed by atoms with van der Waals surface area (Å²) in [7, 11) is 0. The molecule has 1 N–H and O–H groups in total. The highest BCUT2D eigenvalue weighted by molar-refractivity contribution is 6.00. The van der Waals surface area contributed by atoms with Crippen LogP contribution >= 0.6 is 0 Å². The summed E-state index contributed by atoms with van der Waals surface area (Å²) >= 11 is 0. The van der Waals surface area contributed by atoms with Gasteiger partial charge in [0.05, 0.1) is 30.3 Å². The van der Waals surface area contributed by atoms with Gasteiger partial charge in [-0.3, -0.25) is 14.3 Å². The van der Waals surface area contributed by atoms with Crippen LogP contribution in [-0.4, -0.2) is 33.6 Å². The van der Waals surface area contributed by atoms with E-state index in [2.05, 4.69) is 10.4 Å². The van der Waals surface area contributed by atoms with Gasteiger partial charge in [-0.1, -0.05) is 24.3 Å². The van der Waals surface area contributed by atoms with Gasteiger partial charge in [0.15, 0.2) is 0 Å². The summed E-state index contributed by atoms with van der Waals surface area (Å²) in [6.45, 7) is 0.893. The van der Waals surface area contributed by atoms with Crippen LogP contribution < -0.4 is 10.2 Å². The molecular weight excluding hydrogens is 488 g/mol. The van der Waals surface area contributed by atoms with Gasteiger partial charge in [0.25, 0.3) is 5.91 Å². The van der Waals surface area contributed by atoms with E-state index in [9.17, 15) is 27.2 Å². The van der Waals surface area contributed by atoms with Gasteiger partial charge >= 0.3 is 5.92 Å². The summed E-state index contributed by atoms with van der Waals surface area (Å²) in [6.07, 6.45) is 1.43. The van der Waals surface area contributed by atoms with Crippen LogP contribution in [0.5, 0.6) is 0 Å². The number of hydrogen-bond acceptors (Lipinski definition) is 3. The highest BCUT2D eigenvalue weighted by atomic mass is 19.3. The van der Waals surface area contributed by atoms with Crippen LogP contribution in [0.3, 0.4) is 0 Å². The zero-order chi connectivity index (χ0) is 26.3. The minimum absolute atomic E-state index is 0.203. The first kappa shape index (κ1) is 24.5. The van der Waals surface area contributed by atoms with Gasteiger partial charge in [-0.2, -0.15) is 13.9 Å². The predicted molar refractivity (Wildman–Crippen MR) is 129 cm³/mol. The van der Waals surface area contributed by atoms with Gasteiger partial charge in [0.2, 0.25) is 5.91 Å². The molecule has 1 fully saturated rings. The lowest BCUT2D eigenvalue weighted by molar-refractivity contribution is -0.143. The Hall–Kier alpha value is -4.21. The number of fused-ring (bicyclic) bond motifs is 1. The van der Waals surface area contributed by atoms with E-state index in [1.807, 2.05) is 0 Å². The van der Waals surface area contributed by atoms with Crippen LogP contribution in [0.25, 0.3) is 10.9 Å². The molecule has 1 aromatic heterocycles. The van der Waals surface area contributed by atoms with Crippen molar-refractivity contribution in [1.82, 2.24) is 15.1 Å². The summed E-state index contributed by atoms with van der Waals surface area (Å²) in [6, 6.07) is 14.9. The van der Waals surface area contributed by atoms with E-state index in [0.717, 1.165) is 16.5 Å². The van der Waals surface area contributed by atoms with Crippen molar-refractivity contribution in [3.63, 3.8) is 0 Å². The average Bonchev–Trinajstić information content (AvgIpc) is 3.40. The van der Waals surface area contributed by atoms with Crippen LogP contribution in [0.4, 0.5) is 23.2 Å². The molecule has 0 bridgehead atoms. The lowest BCUT2D eigenvalue weighted by Gasteiger charge is -2.29. The predicted octanol–water partition coefficient (Wildman–Crippen LogP) is 4.98. The van der Waals surface area contributed by atoms with Crippen molar-refractivity contribution in [2.24, 2.45) is 0 Å². The minimum Gasteiger partial charge on any atom is -0.345 e. The number of carbonyl (C=O) groups excluding carboxylic acids is 2. The number of hydrogen-bond donors (Lipinski definition) is 1. The molecule has 6 nitrogen and oxygen atoms in total. The fraction of sp³-hybridized carbons (Fsp3) is 0.222. The van der Waals surface area contributed by atoms with E-state index in [0.29, 0.717) is 24.7 Å². The maximum atomic E-state index is 13.6. The lowest BCUT2D eigenvalue weighted by Crippen LogP contribution is -2.46. The number of halogens is 4. The van der Waals surface area contributed by atoms with Crippen LogP contribution in [-0.2, 0) is 16.1 Å². The number of nitrogens with one attached hydrogen (secondary N) is 1. The molecule has 37 heavy (non-hydrogen) atoms. The molecule has 3 aromatic carbocycles. The number of aromatic nitrogens is 2. The molecule has 190 valence electrons. The molecule has 1 saturated heterocycles. The van der Waals surface area contributed by atoms with Crippen molar-refractivity contribution < 1.29 is 27.2 Å². The van der Waals surface area contributed by atoms with Crippen LogP contribution in [0, 0.1) is 11.6 Å². The fourth-order valence-corrected chi connectivity index (χ4v) is 4.62. The first-order valence-corrected chi connectivity index (χ1v) is 11.6. The van der Waals surface area contributed by atoms with Crippen molar-refractivity contribution in [1.29, 1.82) is 0 Å². The zero-order valence-electron chi connectivity index (χ0n) is 19.7. The summed E-state index contributed by atoms with van der Waals surface area (Å²) in [5, 5.41) is 7.42. The van der Waals surface area contributed by atoms with Crippen molar-refractivity contribution in [2.45, 2.75) is 37.9 Å². The largest absolute Gasteiger partial charge is 0.345 e. The number of carbonyl (C=O) groups is 2. The number of benzene rings is 3. The number of anilines is 1. The molecule has 2 amide bonds. The van der Waals surface area contributed by atoms with E-state index in [-0.39, 0.29) is 18.1 Å². The number of amides is 2. The highest BCUT2D eigenvalue weighted by Crippen LogP contribution is 2.39. The monoisotopic (exact) mass is 510 g/mol. The second-order valence-electron chi connectivity index (χ2n) is 9.10. The third-order valence-corrected chi connectivity index (χ3v) is 6.40. The molecule has 4 aromatic rings. The van der Waals surface area contributed by atoms with Gasteiger partial charge in [0, 0.05) is 24.4 Å². The molecule has 1 aliphatic heterocycles. The molecule has 0 saturated carbocycles. The molecule has 1 aliphatic rings. The molecule has 0 aliphatic carbocycles. The molecule has 0 spiro atoms. The molecule has 10 heteroatoms. The van der Waals surface area contributed by atoms with E-state index >= 15 is 0 Å². The quantitative estimate of drug-likeness (QED) is 0.372. The third-order valence-electron chi connectivity index (χ3n) is 6.40. The van der Waals surface area contributed by atoms with Gasteiger partial charge in [0.1, 0.15) is 11.6 Å². The maximum absolute atomic E-state index is 13.6. The molecule has 0 radical (unpaired) electrons. The van der Waals surface area contributed by atoms with Gasteiger partial charge in [-0.25, -0.2) is 8.78 Å². The fourth-order valence-electron chi connectivity index (χ4n) is 4.62. The molecular formula is C27H22F4N4O2. The van der Waals surface area contributed by atoms with Crippen LogP contribution in [0.15, 0.2) is 72.9 Å². The third kappa shape index (κ3) is 4.91. The maximum Gasteiger partial charge on any atom is 0.321 e. The second-order valence-corrected chi connectivity index (χ2v) is 9.10. The van der Waals surface area contributed by atoms with Gasteiger partial charge < -0.3 is 10.2 Å². The van der Waals surface area contributed by atoms with Crippen molar-refractivity contribution in [2.75, 3.05) is 4.90 Å². The standard InChI is InChI=1S/C27H22F4N4O2/c1-27(30,31)26(37)33-22-13-24(36)35(25(22)17-4-8-20(29)9-5-17)21-10-11-23-18(12-21)14-32-34(23)15-16-2-6-19(28)7-3-16/h2-12,14,22,25H,13,15H2,1H3,(H,33,37). The SMILES string of the molecule is CC(F)(F)C(=O)NC1CC(=O)N(c2ccc3c(cnn3Cc3ccc(F)cc3)c2)C1c1ccc(F)cc1. The van der Waals surface area contributed by atoms with Gasteiger partial charge in [-0.05, 0) is 53.6 Å². The van der Waals surface area contributed by atoms with E-state index < -0.39 is 29.7 Å². The van der Waals surface area contributed by atoms with Crippen molar-refractivity contribution >= 4 is 28.4 Å². The smallest absolute Gasteiger partial charge is 0.321 e. The number of rotatable bonds is 6. The first-order chi connectivity index (χ1) is 17.6. The molecule has 2 atom stereocenters. The Balaban J connectivity index is 1.49. The van der Waals surface area contributed by atoms with E-state index in [4.69, 9.17) is 0 Å². The summed E-state index contributed by atoms with van der Waals surface area (Å²) in [5.41, 5.74) is 2.60. The van der Waals surface area contributed by atoms with Crippen molar-refractivity contribution in [3.05, 3.63) is 95.7 Å². The number of alkyl halides is 2. The molecule has 2 unspecified atom stereocenters. The minimum atomic E-state index is -3.62. The van der Waals surface area contributed by atoms with E-state index in [1.54, 1.807) is 41.2 Å². The normalized spacial score (nSPS) is 18.0. The van der Waals surface area contributed by atoms with Crippen LogP contribution in [0.2, 0.25) is 0 Å². The van der Waals surface area contributed by atoms with Crippen LogP contribution in [0.1, 0.15) is 30.5 Å².